The number of methoxy groups -OCH3 is 1. The average molecular weight is 483 g/mol. The highest BCUT2D eigenvalue weighted by Crippen LogP contribution is 2.34. The van der Waals surface area contributed by atoms with Crippen molar-refractivity contribution in [1.29, 1.82) is 0 Å². The topological polar surface area (TPSA) is 69.0 Å². The Bertz CT molecular complexity index is 1580. The molecule has 35 heavy (non-hydrogen) atoms. The lowest BCUT2D eigenvalue weighted by Crippen LogP contribution is -2.33. The van der Waals surface area contributed by atoms with E-state index in [1.54, 1.807) is 35.5 Å². The summed E-state index contributed by atoms with van der Waals surface area (Å²) >= 11 is 1.66. The van der Waals surface area contributed by atoms with E-state index < -0.39 is 0 Å². The predicted molar refractivity (Wildman–Crippen MR) is 140 cm³/mol. The fourth-order valence-corrected chi connectivity index (χ4v) is 6.35. The third-order valence-corrected chi connectivity index (χ3v) is 8.06. The number of aromatic nitrogens is 3. The monoisotopic (exact) mass is 482 g/mol. The summed E-state index contributed by atoms with van der Waals surface area (Å²) in [6.07, 6.45) is 8.20. The van der Waals surface area contributed by atoms with Crippen molar-refractivity contribution in [2.24, 2.45) is 0 Å². The van der Waals surface area contributed by atoms with Gasteiger partial charge in [-0.1, -0.05) is 36.4 Å². The molecule has 2 aromatic carbocycles. The number of hydrogen-bond donors (Lipinski definition) is 1. The number of nitrogens with one attached hydrogen (secondary N) is 1. The van der Waals surface area contributed by atoms with Crippen molar-refractivity contribution >= 4 is 32.3 Å². The second-order valence-corrected chi connectivity index (χ2v) is 10.1. The molecule has 0 unspecified atom stereocenters. The fraction of sp³-hybridized carbons (Fsp3) is 0.250. The minimum Gasteiger partial charge on any atom is -0.496 e. The van der Waals surface area contributed by atoms with Crippen LogP contribution in [0.15, 0.2) is 72.0 Å². The maximum Gasteiger partial charge on any atom is 0.262 e. The van der Waals surface area contributed by atoms with Crippen LogP contribution in [0.5, 0.6) is 5.75 Å². The molecule has 0 fully saturated rings. The Balaban J connectivity index is 1.31. The summed E-state index contributed by atoms with van der Waals surface area (Å²) in [7, 11) is 1.67. The standard InChI is InChI=1S/C28H26N4O2S/c1-34-24-11-8-19-6-2-3-7-21(19)23(24)16-32-17-31-27-26(28(32)33)22-10-9-20(13-25(22)35-27)30-15-18-5-4-12-29-14-18/h2-8,11-12,14,17,20,30H,9-10,13,15-16H2,1H3/t20-/m1/s1. The van der Waals surface area contributed by atoms with Gasteiger partial charge in [0.15, 0.2) is 0 Å². The highest BCUT2D eigenvalue weighted by Gasteiger charge is 2.25. The van der Waals surface area contributed by atoms with Gasteiger partial charge in [0, 0.05) is 35.4 Å². The number of benzene rings is 2. The molecule has 0 radical (unpaired) electrons. The smallest absolute Gasteiger partial charge is 0.262 e. The van der Waals surface area contributed by atoms with Crippen LogP contribution < -0.4 is 15.6 Å². The number of rotatable bonds is 6. The summed E-state index contributed by atoms with van der Waals surface area (Å²) in [4.78, 5) is 24.7. The lowest BCUT2D eigenvalue weighted by molar-refractivity contribution is 0.409. The van der Waals surface area contributed by atoms with Crippen LogP contribution in [0.4, 0.5) is 0 Å². The van der Waals surface area contributed by atoms with Gasteiger partial charge in [0.05, 0.1) is 25.4 Å². The molecule has 0 saturated heterocycles. The van der Waals surface area contributed by atoms with Crippen LogP contribution in [0.25, 0.3) is 21.0 Å². The van der Waals surface area contributed by atoms with Gasteiger partial charge in [-0.3, -0.25) is 14.3 Å². The van der Waals surface area contributed by atoms with E-state index in [0.717, 1.165) is 58.1 Å². The Morgan fingerprint density at radius 2 is 2.09 bits per heavy atom. The molecule has 6 rings (SSSR count). The van der Waals surface area contributed by atoms with Gasteiger partial charge in [-0.15, -0.1) is 11.3 Å². The molecular weight excluding hydrogens is 456 g/mol. The van der Waals surface area contributed by atoms with Crippen molar-refractivity contribution in [2.45, 2.75) is 38.4 Å². The minimum absolute atomic E-state index is 0.0317. The molecule has 0 amide bonds. The summed E-state index contributed by atoms with van der Waals surface area (Å²) in [5, 5.41) is 6.67. The van der Waals surface area contributed by atoms with Gasteiger partial charge < -0.3 is 10.1 Å². The number of ether oxygens (including phenoxy) is 1. The maximum absolute atomic E-state index is 13.7. The molecular formula is C28H26N4O2S. The van der Waals surface area contributed by atoms with Crippen LogP contribution in [0.2, 0.25) is 0 Å². The zero-order chi connectivity index (χ0) is 23.8. The molecule has 1 aliphatic rings. The molecule has 3 heterocycles. The molecule has 3 aromatic heterocycles. The summed E-state index contributed by atoms with van der Waals surface area (Å²) < 4.78 is 7.38. The van der Waals surface area contributed by atoms with Crippen LogP contribution in [0.3, 0.4) is 0 Å². The van der Waals surface area contributed by atoms with E-state index in [9.17, 15) is 4.79 Å². The van der Waals surface area contributed by atoms with Crippen molar-refractivity contribution in [3.63, 3.8) is 0 Å². The Labute approximate surface area is 207 Å². The zero-order valence-electron chi connectivity index (χ0n) is 19.5. The van der Waals surface area contributed by atoms with E-state index in [2.05, 4.69) is 34.6 Å². The van der Waals surface area contributed by atoms with Crippen LogP contribution in [0.1, 0.15) is 28.0 Å². The average Bonchev–Trinajstić information content (AvgIpc) is 3.28. The summed E-state index contributed by atoms with van der Waals surface area (Å²) in [5.41, 5.74) is 3.39. The molecule has 176 valence electrons. The van der Waals surface area contributed by atoms with E-state index in [4.69, 9.17) is 9.72 Å². The Morgan fingerprint density at radius 1 is 1.17 bits per heavy atom. The van der Waals surface area contributed by atoms with E-state index >= 15 is 0 Å². The number of hydrogen-bond acceptors (Lipinski definition) is 6. The SMILES string of the molecule is COc1ccc2ccccc2c1Cn1cnc2sc3c(c2c1=O)CC[C@@H](NCc1cccnc1)C3. The molecule has 1 atom stereocenters. The first-order valence-electron chi connectivity index (χ1n) is 11.9. The highest BCUT2D eigenvalue weighted by atomic mass is 32.1. The van der Waals surface area contributed by atoms with E-state index in [-0.39, 0.29) is 5.56 Å². The highest BCUT2D eigenvalue weighted by molar-refractivity contribution is 7.18. The largest absolute Gasteiger partial charge is 0.496 e. The first-order valence-corrected chi connectivity index (χ1v) is 12.7. The number of nitrogens with zero attached hydrogens (tertiary/aromatic N) is 3. The number of aryl methyl sites for hydroxylation is 1. The molecule has 1 aliphatic carbocycles. The first kappa shape index (κ1) is 21.9. The third kappa shape index (κ3) is 4.11. The van der Waals surface area contributed by atoms with Crippen molar-refractivity contribution in [3.05, 3.63) is 99.2 Å². The first-order chi connectivity index (χ1) is 17.2. The molecule has 7 heteroatoms. The number of fused-ring (bicyclic) bond motifs is 4. The van der Waals surface area contributed by atoms with Crippen molar-refractivity contribution in [1.82, 2.24) is 19.9 Å². The Morgan fingerprint density at radius 3 is 2.94 bits per heavy atom. The van der Waals surface area contributed by atoms with Gasteiger partial charge >= 0.3 is 0 Å². The maximum atomic E-state index is 13.7. The Kier molecular flexibility index (Phi) is 5.80. The van der Waals surface area contributed by atoms with Gasteiger partial charge in [0.1, 0.15) is 10.6 Å². The quantitative estimate of drug-likeness (QED) is 0.380. The Hall–Kier alpha value is -3.55. The third-order valence-electron chi connectivity index (χ3n) is 6.90. The van der Waals surface area contributed by atoms with Crippen LogP contribution >= 0.6 is 11.3 Å². The number of pyridine rings is 1. The second-order valence-electron chi connectivity index (χ2n) is 9.01. The van der Waals surface area contributed by atoms with Crippen molar-refractivity contribution in [2.75, 3.05) is 7.11 Å². The lowest BCUT2D eigenvalue weighted by atomic mass is 9.93. The van der Waals surface area contributed by atoms with Crippen LogP contribution in [-0.2, 0) is 25.9 Å². The van der Waals surface area contributed by atoms with E-state index in [0.29, 0.717) is 12.6 Å². The molecule has 0 bridgehead atoms. The minimum atomic E-state index is 0.0317. The van der Waals surface area contributed by atoms with Crippen LogP contribution in [-0.4, -0.2) is 27.7 Å². The summed E-state index contributed by atoms with van der Waals surface area (Å²) in [6.45, 7) is 1.23. The van der Waals surface area contributed by atoms with E-state index in [1.165, 1.54) is 16.0 Å². The molecule has 0 aliphatic heterocycles. The molecule has 6 nitrogen and oxygen atoms in total. The predicted octanol–water partition coefficient (Wildman–Crippen LogP) is 4.71. The van der Waals surface area contributed by atoms with Gasteiger partial charge in [0.25, 0.3) is 5.56 Å². The molecule has 1 N–H and O–H groups in total. The van der Waals surface area contributed by atoms with Gasteiger partial charge in [-0.25, -0.2) is 4.98 Å². The normalized spacial score (nSPS) is 15.4. The van der Waals surface area contributed by atoms with Crippen molar-refractivity contribution < 1.29 is 4.74 Å². The van der Waals surface area contributed by atoms with Gasteiger partial charge in [-0.2, -0.15) is 0 Å². The summed E-state index contributed by atoms with van der Waals surface area (Å²) in [6, 6.07) is 16.7. The molecule has 5 aromatic rings. The molecule has 0 spiro atoms. The number of thiophene rings is 1. The van der Waals surface area contributed by atoms with Gasteiger partial charge in [-0.05, 0) is 53.3 Å². The van der Waals surface area contributed by atoms with Crippen LogP contribution in [0, 0.1) is 0 Å². The summed E-state index contributed by atoms with van der Waals surface area (Å²) in [5.74, 6) is 0.783. The second kappa shape index (κ2) is 9.24. The zero-order valence-corrected chi connectivity index (χ0v) is 20.3. The van der Waals surface area contributed by atoms with E-state index in [1.807, 2.05) is 30.5 Å². The molecule has 0 saturated carbocycles. The fourth-order valence-electron chi connectivity index (χ4n) is 5.09. The lowest BCUT2D eigenvalue weighted by Gasteiger charge is -2.23. The van der Waals surface area contributed by atoms with Crippen molar-refractivity contribution in [3.8, 4) is 5.75 Å². The van der Waals surface area contributed by atoms with Gasteiger partial charge in [0.2, 0.25) is 0 Å².